The summed E-state index contributed by atoms with van der Waals surface area (Å²) in [4.78, 5) is 20.9. The maximum Gasteiger partial charge on any atom is 0.258 e. The molecule has 0 unspecified atom stereocenters. The molecule has 1 aromatic carbocycles. The number of likely N-dealkylation sites (N-methyl/N-ethyl adjacent to an activating group) is 1. The summed E-state index contributed by atoms with van der Waals surface area (Å²) in [5, 5.41) is 2.75. The van der Waals surface area contributed by atoms with Gasteiger partial charge in [-0.3, -0.25) is 4.79 Å². The van der Waals surface area contributed by atoms with E-state index < -0.39 is 5.82 Å². The number of hydrogen-bond acceptors (Lipinski definition) is 5. The molecule has 2 aromatic rings. The van der Waals surface area contributed by atoms with Crippen molar-refractivity contribution in [3.63, 3.8) is 0 Å². The van der Waals surface area contributed by atoms with Crippen molar-refractivity contribution in [2.45, 2.75) is 6.54 Å². The summed E-state index contributed by atoms with van der Waals surface area (Å²) >= 11 is 3.17. The molecule has 0 spiro atoms. The molecule has 1 aromatic heterocycles. The first-order valence-corrected chi connectivity index (χ1v) is 9.53. The first kappa shape index (κ1) is 19.6. The van der Waals surface area contributed by atoms with E-state index in [1.807, 2.05) is 12.1 Å². The van der Waals surface area contributed by atoms with Crippen LogP contribution in [0.15, 0.2) is 41.0 Å². The average Bonchev–Trinajstić information content (AvgIpc) is 2.67. The summed E-state index contributed by atoms with van der Waals surface area (Å²) in [6, 6.07) is 8.36. The molecule has 0 bridgehead atoms. The SMILES string of the molecule is CN1CCN(c2ccc(CNC(=O)COc3ccc(Br)cc3F)cn2)CC1. The maximum atomic E-state index is 13.7. The molecule has 1 fully saturated rings. The summed E-state index contributed by atoms with van der Waals surface area (Å²) in [6.45, 7) is 4.08. The number of piperazine rings is 1. The number of hydrogen-bond donors (Lipinski definition) is 1. The second-order valence-electron chi connectivity index (χ2n) is 6.46. The second-order valence-corrected chi connectivity index (χ2v) is 7.37. The number of carbonyl (C=O) groups is 1. The lowest BCUT2D eigenvalue weighted by Crippen LogP contribution is -2.44. The molecule has 0 radical (unpaired) electrons. The zero-order chi connectivity index (χ0) is 19.2. The molecule has 0 saturated carbocycles. The summed E-state index contributed by atoms with van der Waals surface area (Å²) in [7, 11) is 2.12. The Morgan fingerprint density at radius 1 is 1.26 bits per heavy atom. The third-order valence-corrected chi connectivity index (χ3v) is 4.87. The van der Waals surface area contributed by atoms with Crippen LogP contribution in [0.1, 0.15) is 5.56 Å². The Kier molecular flexibility index (Phi) is 6.63. The number of anilines is 1. The van der Waals surface area contributed by atoms with Crippen molar-refractivity contribution in [2.24, 2.45) is 0 Å². The first-order chi connectivity index (χ1) is 13.0. The van der Waals surface area contributed by atoms with Crippen LogP contribution in [0.5, 0.6) is 5.75 Å². The molecule has 1 aliphatic heterocycles. The topological polar surface area (TPSA) is 57.7 Å². The van der Waals surface area contributed by atoms with Crippen LogP contribution >= 0.6 is 15.9 Å². The van der Waals surface area contributed by atoms with Gasteiger partial charge in [0, 0.05) is 43.4 Å². The number of carbonyl (C=O) groups excluding carboxylic acids is 1. The fourth-order valence-corrected chi connectivity index (χ4v) is 3.06. The van der Waals surface area contributed by atoms with E-state index in [2.05, 4.69) is 43.1 Å². The Balaban J connectivity index is 1.44. The quantitative estimate of drug-likeness (QED) is 0.753. The Labute approximate surface area is 166 Å². The average molecular weight is 437 g/mol. The van der Waals surface area contributed by atoms with Gasteiger partial charge in [0.2, 0.25) is 0 Å². The summed E-state index contributed by atoms with van der Waals surface area (Å²) in [5.41, 5.74) is 0.899. The minimum Gasteiger partial charge on any atom is -0.481 e. The highest BCUT2D eigenvalue weighted by Gasteiger charge is 2.15. The fourth-order valence-electron chi connectivity index (χ4n) is 2.73. The van der Waals surface area contributed by atoms with Crippen LogP contribution in [0.2, 0.25) is 0 Å². The van der Waals surface area contributed by atoms with Gasteiger partial charge in [-0.05, 0) is 36.9 Å². The van der Waals surface area contributed by atoms with Gasteiger partial charge in [-0.25, -0.2) is 9.37 Å². The minimum absolute atomic E-state index is 0.0477. The van der Waals surface area contributed by atoms with Crippen LogP contribution in [-0.4, -0.2) is 55.6 Å². The number of pyridine rings is 1. The van der Waals surface area contributed by atoms with Crippen molar-refractivity contribution >= 4 is 27.7 Å². The van der Waals surface area contributed by atoms with Crippen molar-refractivity contribution < 1.29 is 13.9 Å². The molecule has 144 valence electrons. The monoisotopic (exact) mass is 436 g/mol. The third kappa shape index (κ3) is 5.64. The minimum atomic E-state index is -0.513. The van der Waals surface area contributed by atoms with Crippen LogP contribution in [-0.2, 0) is 11.3 Å². The van der Waals surface area contributed by atoms with Gasteiger partial charge in [-0.1, -0.05) is 22.0 Å². The van der Waals surface area contributed by atoms with E-state index in [9.17, 15) is 9.18 Å². The fraction of sp³-hybridized carbons (Fsp3) is 0.368. The van der Waals surface area contributed by atoms with Crippen molar-refractivity contribution in [1.82, 2.24) is 15.2 Å². The molecular weight excluding hydrogens is 415 g/mol. The van der Waals surface area contributed by atoms with Crippen molar-refractivity contribution in [2.75, 3.05) is 44.7 Å². The molecule has 1 N–H and O–H groups in total. The van der Waals surface area contributed by atoms with Crippen LogP contribution in [0, 0.1) is 5.82 Å². The lowest BCUT2D eigenvalue weighted by Gasteiger charge is -2.33. The van der Waals surface area contributed by atoms with Crippen LogP contribution in [0.3, 0.4) is 0 Å². The Morgan fingerprint density at radius 2 is 2.04 bits per heavy atom. The Morgan fingerprint density at radius 3 is 2.70 bits per heavy atom. The predicted molar refractivity (Wildman–Crippen MR) is 105 cm³/mol. The molecule has 2 heterocycles. The number of halogens is 2. The number of rotatable bonds is 6. The molecule has 0 atom stereocenters. The highest BCUT2D eigenvalue weighted by Crippen LogP contribution is 2.21. The standard InChI is InChI=1S/C19H22BrFN4O2/c1-24-6-8-25(9-7-24)18-5-2-14(11-22-18)12-23-19(26)13-27-17-4-3-15(20)10-16(17)21/h2-5,10-11H,6-9,12-13H2,1H3,(H,23,26). The van der Waals surface area contributed by atoms with Gasteiger partial charge in [0.25, 0.3) is 5.91 Å². The van der Waals surface area contributed by atoms with Gasteiger partial charge in [-0.15, -0.1) is 0 Å². The van der Waals surface area contributed by atoms with Crippen molar-refractivity contribution in [1.29, 1.82) is 0 Å². The van der Waals surface area contributed by atoms with Gasteiger partial charge >= 0.3 is 0 Å². The molecule has 8 heteroatoms. The van der Waals surface area contributed by atoms with E-state index in [0.29, 0.717) is 11.0 Å². The first-order valence-electron chi connectivity index (χ1n) is 8.74. The molecule has 1 amide bonds. The highest BCUT2D eigenvalue weighted by molar-refractivity contribution is 9.10. The molecule has 0 aliphatic carbocycles. The van der Waals surface area contributed by atoms with Crippen LogP contribution in [0.25, 0.3) is 0 Å². The number of aromatic nitrogens is 1. The molecule has 27 heavy (non-hydrogen) atoms. The van der Waals surface area contributed by atoms with Gasteiger partial charge in [-0.2, -0.15) is 0 Å². The van der Waals surface area contributed by atoms with Crippen molar-refractivity contribution in [3.05, 3.63) is 52.4 Å². The van der Waals surface area contributed by atoms with Crippen molar-refractivity contribution in [3.8, 4) is 5.75 Å². The molecular formula is C19H22BrFN4O2. The highest BCUT2D eigenvalue weighted by atomic mass is 79.9. The van der Waals surface area contributed by atoms with E-state index in [1.54, 1.807) is 12.3 Å². The summed E-state index contributed by atoms with van der Waals surface area (Å²) < 4.78 is 19.5. The van der Waals surface area contributed by atoms with Gasteiger partial charge in [0.1, 0.15) is 5.82 Å². The van der Waals surface area contributed by atoms with Gasteiger partial charge < -0.3 is 19.9 Å². The molecule has 3 rings (SSSR count). The summed E-state index contributed by atoms with van der Waals surface area (Å²) in [6.07, 6.45) is 1.77. The zero-order valence-corrected chi connectivity index (χ0v) is 16.7. The normalized spacial score (nSPS) is 14.9. The van der Waals surface area contributed by atoms with Gasteiger partial charge in [0.05, 0.1) is 0 Å². The van der Waals surface area contributed by atoms with E-state index in [1.165, 1.54) is 12.1 Å². The lowest BCUT2D eigenvalue weighted by molar-refractivity contribution is -0.123. The number of benzene rings is 1. The number of nitrogens with zero attached hydrogens (tertiary/aromatic N) is 3. The largest absolute Gasteiger partial charge is 0.481 e. The second kappa shape index (κ2) is 9.14. The smallest absolute Gasteiger partial charge is 0.258 e. The van der Waals surface area contributed by atoms with E-state index in [0.717, 1.165) is 37.6 Å². The van der Waals surface area contributed by atoms with E-state index in [4.69, 9.17) is 4.74 Å². The zero-order valence-electron chi connectivity index (χ0n) is 15.1. The van der Waals surface area contributed by atoms with E-state index >= 15 is 0 Å². The number of ether oxygens (including phenoxy) is 1. The molecule has 6 nitrogen and oxygen atoms in total. The number of nitrogens with one attached hydrogen (secondary N) is 1. The molecule has 1 saturated heterocycles. The Hall–Kier alpha value is -2.19. The van der Waals surface area contributed by atoms with E-state index in [-0.39, 0.29) is 18.3 Å². The van der Waals surface area contributed by atoms with Gasteiger partial charge in [0.15, 0.2) is 18.2 Å². The molecule has 1 aliphatic rings. The number of amides is 1. The lowest BCUT2D eigenvalue weighted by atomic mass is 10.2. The Bertz CT molecular complexity index is 780. The predicted octanol–water partition coefficient (Wildman–Crippen LogP) is 2.43. The third-order valence-electron chi connectivity index (χ3n) is 4.38. The van der Waals surface area contributed by atoms with Crippen LogP contribution in [0.4, 0.5) is 10.2 Å². The van der Waals surface area contributed by atoms with Crippen LogP contribution < -0.4 is 15.0 Å². The maximum absolute atomic E-state index is 13.7. The summed E-state index contributed by atoms with van der Waals surface area (Å²) in [5.74, 6) is 0.167.